The molecule has 0 unspecified atom stereocenters. The van der Waals surface area contributed by atoms with E-state index < -0.39 is 10.0 Å². The van der Waals surface area contributed by atoms with Crippen LogP contribution >= 0.6 is 23.2 Å². The van der Waals surface area contributed by atoms with Gasteiger partial charge in [0.1, 0.15) is 4.90 Å². The maximum Gasteiger partial charge on any atom is 0.243 e. The van der Waals surface area contributed by atoms with Gasteiger partial charge in [0, 0.05) is 6.54 Å². The fraction of sp³-hybridized carbons (Fsp3) is 0.600. The van der Waals surface area contributed by atoms with E-state index in [1.165, 1.54) is 37.8 Å². The lowest BCUT2D eigenvalue weighted by molar-refractivity contribution is 0.282. The van der Waals surface area contributed by atoms with Gasteiger partial charge in [-0.25, -0.2) is 13.1 Å². The number of hydrogen-bond acceptors (Lipinski definition) is 3. The molecule has 0 aliphatic carbocycles. The van der Waals surface area contributed by atoms with Gasteiger partial charge in [-0.05, 0) is 51.0 Å². The highest BCUT2D eigenvalue weighted by atomic mass is 35.5. The smallest absolute Gasteiger partial charge is 0.243 e. The number of rotatable bonds is 6. The van der Waals surface area contributed by atoms with E-state index in [-0.39, 0.29) is 14.9 Å². The maximum atomic E-state index is 12.3. The minimum Gasteiger partial charge on any atom is -0.303 e. The van der Waals surface area contributed by atoms with Crippen molar-refractivity contribution in [1.82, 2.24) is 9.62 Å². The zero-order valence-electron chi connectivity index (χ0n) is 12.5. The summed E-state index contributed by atoms with van der Waals surface area (Å²) in [7, 11) is -3.66. The van der Waals surface area contributed by atoms with Crippen LogP contribution in [0.5, 0.6) is 0 Å². The maximum absolute atomic E-state index is 12.3. The Morgan fingerprint density at radius 1 is 1.05 bits per heavy atom. The molecule has 0 aromatic heterocycles. The van der Waals surface area contributed by atoms with Gasteiger partial charge in [0.2, 0.25) is 10.0 Å². The Labute approximate surface area is 142 Å². The molecule has 0 radical (unpaired) electrons. The Morgan fingerprint density at radius 2 is 1.64 bits per heavy atom. The Morgan fingerprint density at radius 3 is 2.23 bits per heavy atom. The molecule has 0 saturated carbocycles. The molecule has 0 atom stereocenters. The predicted molar refractivity (Wildman–Crippen MR) is 91.2 cm³/mol. The van der Waals surface area contributed by atoms with Crippen LogP contribution in [0.25, 0.3) is 0 Å². The van der Waals surface area contributed by atoms with Crippen LogP contribution in [-0.2, 0) is 10.0 Å². The van der Waals surface area contributed by atoms with Crippen LogP contribution in [0, 0.1) is 0 Å². The van der Waals surface area contributed by atoms with Crippen LogP contribution < -0.4 is 4.72 Å². The SMILES string of the molecule is O=S(=O)(NCCCN1CCCCCC1)c1c(Cl)cccc1Cl. The summed E-state index contributed by atoms with van der Waals surface area (Å²) in [5, 5.41) is 0.292. The van der Waals surface area contributed by atoms with E-state index >= 15 is 0 Å². The zero-order chi connectivity index (χ0) is 16.0. The van der Waals surface area contributed by atoms with Gasteiger partial charge in [0.05, 0.1) is 10.0 Å². The van der Waals surface area contributed by atoms with E-state index in [0.717, 1.165) is 26.1 Å². The number of halogens is 2. The van der Waals surface area contributed by atoms with E-state index in [1.54, 1.807) is 6.07 Å². The van der Waals surface area contributed by atoms with E-state index in [9.17, 15) is 8.42 Å². The van der Waals surface area contributed by atoms with Gasteiger partial charge in [-0.3, -0.25) is 0 Å². The lowest BCUT2D eigenvalue weighted by Crippen LogP contribution is -2.31. The second-order valence-electron chi connectivity index (χ2n) is 5.56. The number of benzene rings is 1. The van der Waals surface area contributed by atoms with Crippen LogP contribution in [0.1, 0.15) is 32.1 Å². The molecule has 1 aromatic rings. The highest BCUT2D eigenvalue weighted by Gasteiger charge is 2.21. The van der Waals surface area contributed by atoms with Crippen molar-refractivity contribution >= 4 is 33.2 Å². The Bertz CT molecular complexity index is 565. The van der Waals surface area contributed by atoms with Crippen molar-refractivity contribution in [2.24, 2.45) is 0 Å². The predicted octanol–water partition coefficient (Wildman–Crippen LogP) is 3.54. The third-order valence-electron chi connectivity index (χ3n) is 3.83. The molecule has 4 nitrogen and oxygen atoms in total. The summed E-state index contributed by atoms with van der Waals surface area (Å²) < 4.78 is 27.2. The molecule has 1 aliphatic heterocycles. The van der Waals surface area contributed by atoms with Gasteiger partial charge < -0.3 is 4.90 Å². The minimum absolute atomic E-state index is 0.0342. The highest BCUT2D eigenvalue weighted by Crippen LogP contribution is 2.28. The lowest BCUT2D eigenvalue weighted by atomic mass is 10.2. The minimum atomic E-state index is -3.66. The average Bonchev–Trinajstić information content (AvgIpc) is 2.72. The number of sulfonamides is 1. The first-order valence-electron chi connectivity index (χ1n) is 7.67. The molecule has 1 fully saturated rings. The Kier molecular flexibility index (Phi) is 6.96. The van der Waals surface area contributed by atoms with Gasteiger partial charge in [-0.15, -0.1) is 0 Å². The van der Waals surface area contributed by atoms with E-state index in [4.69, 9.17) is 23.2 Å². The molecule has 0 bridgehead atoms. The second-order valence-corrected chi connectivity index (χ2v) is 8.08. The molecule has 1 aliphatic rings. The van der Waals surface area contributed by atoms with E-state index in [2.05, 4.69) is 9.62 Å². The molecule has 1 saturated heterocycles. The molecular formula is C15H22Cl2N2O2S. The standard InChI is InChI=1S/C15H22Cl2N2O2S/c16-13-7-5-8-14(17)15(13)22(20,21)18-9-6-12-19-10-3-1-2-4-11-19/h5,7-8,18H,1-4,6,9-12H2. The summed E-state index contributed by atoms with van der Waals surface area (Å²) in [6.07, 6.45) is 5.85. The summed E-state index contributed by atoms with van der Waals surface area (Å²) in [5.74, 6) is 0. The first-order chi connectivity index (χ1) is 10.5. The van der Waals surface area contributed by atoms with Crippen molar-refractivity contribution in [1.29, 1.82) is 0 Å². The topological polar surface area (TPSA) is 49.4 Å². The first-order valence-corrected chi connectivity index (χ1v) is 9.90. The van der Waals surface area contributed by atoms with Crippen LogP contribution in [-0.4, -0.2) is 39.5 Å². The van der Waals surface area contributed by atoms with Gasteiger partial charge in [0.15, 0.2) is 0 Å². The third kappa shape index (κ3) is 5.10. The average molecular weight is 365 g/mol. The number of likely N-dealkylation sites (tertiary alicyclic amines) is 1. The van der Waals surface area contributed by atoms with Crippen molar-refractivity contribution in [3.05, 3.63) is 28.2 Å². The molecule has 2 rings (SSSR count). The number of nitrogens with one attached hydrogen (secondary N) is 1. The molecule has 0 amide bonds. The monoisotopic (exact) mass is 364 g/mol. The van der Waals surface area contributed by atoms with Gasteiger partial charge in [0.25, 0.3) is 0 Å². The summed E-state index contributed by atoms with van der Waals surface area (Å²) in [4.78, 5) is 2.37. The molecule has 1 N–H and O–H groups in total. The summed E-state index contributed by atoms with van der Waals surface area (Å²) in [5.41, 5.74) is 0. The summed E-state index contributed by atoms with van der Waals surface area (Å²) >= 11 is 11.9. The number of nitrogens with zero attached hydrogens (tertiary/aromatic N) is 1. The highest BCUT2D eigenvalue weighted by molar-refractivity contribution is 7.89. The zero-order valence-corrected chi connectivity index (χ0v) is 14.9. The van der Waals surface area contributed by atoms with Crippen molar-refractivity contribution in [2.45, 2.75) is 37.0 Å². The van der Waals surface area contributed by atoms with Crippen LogP contribution in [0.4, 0.5) is 0 Å². The Hall–Kier alpha value is -0.330. The molecule has 1 aromatic carbocycles. The first kappa shape index (κ1) is 18.0. The fourth-order valence-corrected chi connectivity index (χ4v) is 4.89. The largest absolute Gasteiger partial charge is 0.303 e. The molecular weight excluding hydrogens is 343 g/mol. The summed E-state index contributed by atoms with van der Waals surface area (Å²) in [6.45, 7) is 3.53. The molecule has 1 heterocycles. The van der Waals surface area contributed by atoms with Crippen molar-refractivity contribution in [2.75, 3.05) is 26.2 Å². The van der Waals surface area contributed by atoms with Gasteiger partial charge in [-0.1, -0.05) is 42.1 Å². The quantitative estimate of drug-likeness (QED) is 0.785. The summed E-state index contributed by atoms with van der Waals surface area (Å²) in [6, 6.07) is 4.68. The van der Waals surface area contributed by atoms with Crippen LogP contribution in [0.2, 0.25) is 10.0 Å². The second kappa shape index (κ2) is 8.50. The van der Waals surface area contributed by atoms with Crippen molar-refractivity contribution in [3.8, 4) is 0 Å². The van der Waals surface area contributed by atoms with E-state index in [1.807, 2.05) is 0 Å². The normalized spacial score (nSPS) is 17.4. The molecule has 22 heavy (non-hydrogen) atoms. The van der Waals surface area contributed by atoms with Gasteiger partial charge in [-0.2, -0.15) is 0 Å². The molecule has 0 spiro atoms. The van der Waals surface area contributed by atoms with Gasteiger partial charge >= 0.3 is 0 Å². The lowest BCUT2D eigenvalue weighted by Gasteiger charge is -2.19. The third-order valence-corrected chi connectivity index (χ3v) is 6.25. The van der Waals surface area contributed by atoms with E-state index in [0.29, 0.717) is 6.54 Å². The number of hydrogen-bond donors (Lipinski definition) is 1. The molecule has 7 heteroatoms. The Balaban J connectivity index is 1.85. The van der Waals surface area contributed by atoms with Crippen molar-refractivity contribution < 1.29 is 8.42 Å². The van der Waals surface area contributed by atoms with Crippen molar-refractivity contribution in [3.63, 3.8) is 0 Å². The van der Waals surface area contributed by atoms with Crippen LogP contribution in [0.3, 0.4) is 0 Å². The fourth-order valence-electron chi connectivity index (χ4n) is 2.68. The molecule has 124 valence electrons. The van der Waals surface area contributed by atoms with Crippen LogP contribution in [0.15, 0.2) is 23.1 Å².